The van der Waals surface area contributed by atoms with Gasteiger partial charge in [-0.1, -0.05) is 6.07 Å². The summed E-state index contributed by atoms with van der Waals surface area (Å²) in [5.41, 5.74) is 7.30. The van der Waals surface area contributed by atoms with E-state index in [9.17, 15) is 4.79 Å². The van der Waals surface area contributed by atoms with E-state index in [1.54, 1.807) is 0 Å². The number of rotatable bonds is 3. The normalized spacial score (nSPS) is 30.5. The van der Waals surface area contributed by atoms with E-state index in [0.717, 1.165) is 77.4 Å². The van der Waals surface area contributed by atoms with Crippen molar-refractivity contribution in [3.05, 3.63) is 30.1 Å². The zero-order chi connectivity index (χ0) is 17.8. The van der Waals surface area contributed by atoms with Crippen LogP contribution in [0.15, 0.2) is 24.4 Å². The van der Waals surface area contributed by atoms with E-state index in [4.69, 9.17) is 4.74 Å². The third-order valence-electron chi connectivity index (χ3n) is 5.74. The van der Waals surface area contributed by atoms with Crippen molar-refractivity contribution in [3.8, 4) is 0 Å². The monoisotopic (exact) mass is 359 g/mol. The first-order valence-corrected chi connectivity index (χ1v) is 9.71. The van der Waals surface area contributed by atoms with Gasteiger partial charge >= 0.3 is 0 Å². The Kier molecular flexibility index (Phi) is 5.49. The molecule has 7 heteroatoms. The standard InChI is InChI=1S/C19H29N5O2/c25-18(17-5-8-21-22-17)24-9-3-6-19(14-24)13-23(10-11-26-15-19)12-16-4-1-2-7-20-16/h1-2,4,7,17,21-22H,3,5-6,8-15H2. The van der Waals surface area contributed by atoms with Gasteiger partial charge in [-0.05, 0) is 31.4 Å². The van der Waals surface area contributed by atoms with Crippen LogP contribution in [0.2, 0.25) is 0 Å². The molecule has 0 aliphatic carbocycles. The molecule has 2 atom stereocenters. The van der Waals surface area contributed by atoms with E-state index in [1.165, 1.54) is 0 Å². The average Bonchev–Trinajstić information content (AvgIpc) is 3.14. The van der Waals surface area contributed by atoms with Crippen LogP contribution >= 0.6 is 0 Å². The van der Waals surface area contributed by atoms with Gasteiger partial charge in [0.25, 0.3) is 0 Å². The predicted octanol–water partition coefficient (Wildman–Crippen LogP) is 0.389. The van der Waals surface area contributed by atoms with Crippen molar-refractivity contribution in [2.75, 3.05) is 45.9 Å². The number of carbonyl (C=O) groups is 1. The number of likely N-dealkylation sites (tertiary alicyclic amines) is 1. The SMILES string of the molecule is O=C(C1CCNN1)N1CCCC2(COCCN(Cc3ccccn3)C2)C1. The van der Waals surface area contributed by atoms with Gasteiger partial charge in [-0.3, -0.25) is 20.1 Å². The third kappa shape index (κ3) is 4.06. The molecular formula is C19H29N5O2. The number of nitrogens with zero attached hydrogens (tertiary/aromatic N) is 3. The number of piperidine rings is 1. The molecule has 3 saturated heterocycles. The molecule has 0 saturated carbocycles. The zero-order valence-corrected chi connectivity index (χ0v) is 15.3. The first kappa shape index (κ1) is 17.9. The number of hydrogen-bond donors (Lipinski definition) is 2. The maximum atomic E-state index is 12.8. The maximum Gasteiger partial charge on any atom is 0.241 e. The highest BCUT2D eigenvalue weighted by Crippen LogP contribution is 2.33. The summed E-state index contributed by atoms with van der Waals surface area (Å²) >= 11 is 0. The molecule has 3 aliphatic rings. The second kappa shape index (κ2) is 8.00. The zero-order valence-electron chi connectivity index (χ0n) is 15.3. The van der Waals surface area contributed by atoms with Gasteiger partial charge in [0.05, 0.1) is 18.9 Å². The molecular weight excluding hydrogens is 330 g/mol. The molecule has 142 valence electrons. The van der Waals surface area contributed by atoms with Crippen molar-refractivity contribution in [2.24, 2.45) is 5.41 Å². The molecule has 0 bridgehead atoms. The summed E-state index contributed by atoms with van der Waals surface area (Å²) < 4.78 is 5.98. The fourth-order valence-corrected chi connectivity index (χ4v) is 4.47. The maximum absolute atomic E-state index is 12.8. The minimum atomic E-state index is -0.0820. The summed E-state index contributed by atoms with van der Waals surface area (Å²) in [6, 6.07) is 5.98. The van der Waals surface area contributed by atoms with E-state index in [0.29, 0.717) is 0 Å². The highest BCUT2D eigenvalue weighted by atomic mass is 16.5. The molecule has 4 heterocycles. The number of amides is 1. The smallest absolute Gasteiger partial charge is 0.241 e. The van der Waals surface area contributed by atoms with Crippen LogP contribution in [-0.4, -0.2) is 72.7 Å². The highest BCUT2D eigenvalue weighted by Gasteiger charge is 2.41. The predicted molar refractivity (Wildman–Crippen MR) is 98.1 cm³/mol. The van der Waals surface area contributed by atoms with E-state index in [-0.39, 0.29) is 17.4 Å². The molecule has 3 fully saturated rings. The Labute approximate surface area is 155 Å². The van der Waals surface area contributed by atoms with Gasteiger partial charge in [-0.25, -0.2) is 5.43 Å². The molecule has 0 aromatic carbocycles. The lowest BCUT2D eigenvalue weighted by Crippen LogP contribution is -2.55. The summed E-state index contributed by atoms with van der Waals surface area (Å²) in [6.45, 7) is 6.72. The number of hydrogen-bond acceptors (Lipinski definition) is 6. The van der Waals surface area contributed by atoms with Gasteiger partial charge in [0.15, 0.2) is 0 Å². The van der Waals surface area contributed by atoms with E-state index in [1.807, 2.05) is 18.3 Å². The van der Waals surface area contributed by atoms with Crippen molar-refractivity contribution >= 4 is 5.91 Å². The number of ether oxygens (including phenoxy) is 1. The molecule has 4 rings (SSSR count). The Hall–Kier alpha value is -1.54. The molecule has 2 N–H and O–H groups in total. The second-order valence-corrected chi connectivity index (χ2v) is 7.86. The first-order valence-electron chi connectivity index (χ1n) is 9.71. The Morgan fingerprint density at radius 2 is 2.31 bits per heavy atom. The summed E-state index contributed by atoms with van der Waals surface area (Å²) in [6.07, 6.45) is 4.88. The largest absolute Gasteiger partial charge is 0.379 e. The van der Waals surface area contributed by atoms with Gasteiger partial charge in [0.1, 0.15) is 6.04 Å². The summed E-state index contributed by atoms with van der Waals surface area (Å²) in [7, 11) is 0. The molecule has 1 amide bonds. The number of nitrogens with one attached hydrogen (secondary N) is 2. The second-order valence-electron chi connectivity index (χ2n) is 7.86. The van der Waals surface area contributed by atoms with Gasteiger partial charge in [0.2, 0.25) is 5.91 Å². The average molecular weight is 359 g/mol. The quantitative estimate of drug-likeness (QED) is 0.814. The minimum absolute atomic E-state index is 0.0330. The molecule has 0 radical (unpaired) electrons. The van der Waals surface area contributed by atoms with Gasteiger partial charge in [-0.2, -0.15) is 0 Å². The van der Waals surface area contributed by atoms with Crippen LogP contribution in [0.1, 0.15) is 25.0 Å². The van der Waals surface area contributed by atoms with Crippen LogP contribution in [0.3, 0.4) is 0 Å². The lowest BCUT2D eigenvalue weighted by molar-refractivity contribution is -0.138. The summed E-state index contributed by atoms with van der Waals surface area (Å²) in [4.78, 5) is 21.8. The fraction of sp³-hybridized carbons (Fsp3) is 0.684. The van der Waals surface area contributed by atoms with Gasteiger partial charge in [-0.15, -0.1) is 0 Å². The van der Waals surface area contributed by atoms with Crippen LogP contribution in [0.5, 0.6) is 0 Å². The molecule has 1 spiro atoms. The van der Waals surface area contributed by atoms with E-state index < -0.39 is 0 Å². The molecule has 1 aromatic rings. The van der Waals surface area contributed by atoms with Crippen molar-refractivity contribution in [2.45, 2.75) is 31.8 Å². The van der Waals surface area contributed by atoms with Crippen LogP contribution in [0.25, 0.3) is 0 Å². The lowest BCUT2D eigenvalue weighted by Gasteiger charge is -2.44. The molecule has 2 unspecified atom stereocenters. The number of pyridine rings is 1. The Morgan fingerprint density at radius 1 is 1.35 bits per heavy atom. The van der Waals surface area contributed by atoms with Crippen molar-refractivity contribution in [3.63, 3.8) is 0 Å². The molecule has 1 aromatic heterocycles. The van der Waals surface area contributed by atoms with Crippen molar-refractivity contribution < 1.29 is 9.53 Å². The van der Waals surface area contributed by atoms with Crippen LogP contribution in [0.4, 0.5) is 0 Å². The van der Waals surface area contributed by atoms with Crippen LogP contribution < -0.4 is 10.9 Å². The Bertz CT molecular complexity index is 607. The molecule has 7 nitrogen and oxygen atoms in total. The first-order chi connectivity index (χ1) is 12.7. The van der Waals surface area contributed by atoms with E-state index in [2.05, 4.69) is 31.7 Å². The van der Waals surface area contributed by atoms with Crippen molar-refractivity contribution in [1.29, 1.82) is 0 Å². The lowest BCUT2D eigenvalue weighted by atomic mass is 9.79. The van der Waals surface area contributed by atoms with Gasteiger partial charge < -0.3 is 9.64 Å². The number of hydrazine groups is 1. The molecule has 3 aliphatic heterocycles. The highest BCUT2D eigenvalue weighted by molar-refractivity contribution is 5.82. The number of carbonyl (C=O) groups excluding carboxylic acids is 1. The Balaban J connectivity index is 1.44. The molecule has 26 heavy (non-hydrogen) atoms. The van der Waals surface area contributed by atoms with Crippen molar-refractivity contribution in [1.82, 2.24) is 25.6 Å². The van der Waals surface area contributed by atoms with Crippen LogP contribution in [0, 0.1) is 5.41 Å². The summed E-state index contributed by atoms with van der Waals surface area (Å²) in [5, 5.41) is 0. The third-order valence-corrected chi connectivity index (χ3v) is 5.74. The van der Waals surface area contributed by atoms with E-state index >= 15 is 0 Å². The summed E-state index contributed by atoms with van der Waals surface area (Å²) in [5.74, 6) is 0.231. The Morgan fingerprint density at radius 3 is 3.12 bits per heavy atom. The topological polar surface area (TPSA) is 69.7 Å². The van der Waals surface area contributed by atoms with Gasteiger partial charge in [0, 0.05) is 50.9 Å². The number of aromatic nitrogens is 1. The fourth-order valence-electron chi connectivity index (χ4n) is 4.47. The minimum Gasteiger partial charge on any atom is -0.379 e. The van der Waals surface area contributed by atoms with Crippen LogP contribution in [-0.2, 0) is 16.1 Å².